The Morgan fingerprint density at radius 2 is 1.81 bits per heavy atom. The van der Waals surface area contributed by atoms with E-state index < -0.39 is 10.9 Å². The van der Waals surface area contributed by atoms with Gasteiger partial charge in [0.1, 0.15) is 11.9 Å². The summed E-state index contributed by atoms with van der Waals surface area (Å²) >= 11 is 0. The zero-order chi connectivity index (χ0) is 23.3. The molecule has 0 bridgehead atoms. The molecule has 8 nitrogen and oxygen atoms in total. The lowest BCUT2D eigenvalue weighted by Gasteiger charge is -2.23. The number of nitro groups is 1. The first-order valence-electron chi connectivity index (χ1n) is 10.5. The van der Waals surface area contributed by atoms with Crippen molar-refractivity contribution in [3.8, 4) is 17.0 Å². The predicted molar refractivity (Wildman–Crippen MR) is 123 cm³/mol. The standard InChI is InChI=1S/C24H27N3O5/c1-5-26(6-2)15-16(3)32-24(28)22-14-25-23(17-7-9-18(10-8-17)27(29)30)20-12-11-19(31-4)13-21(20)22/h7-14,16H,5-6,15H2,1-4H3. The van der Waals surface area contributed by atoms with Crippen molar-refractivity contribution in [2.24, 2.45) is 0 Å². The van der Waals surface area contributed by atoms with Crippen LogP contribution < -0.4 is 4.74 Å². The summed E-state index contributed by atoms with van der Waals surface area (Å²) in [6.07, 6.45) is 1.21. The van der Waals surface area contributed by atoms with Crippen LogP contribution in [0.2, 0.25) is 0 Å². The highest BCUT2D eigenvalue weighted by atomic mass is 16.6. The summed E-state index contributed by atoms with van der Waals surface area (Å²) in [5, 5.41) is 12.3. The van der Waals surface area contributed by atoms with Crippen molar-refractivity contribution in [3.05, 3.63) is 64.3 Å². The fourth-order valence-corrected chi connectivity index (χ4v) is 3.61. The minimum Gasteiger partial charge on any atom is -0.497 e. The Hall–Kier alpha value is -3.52. The Bertz CT molecular complexity index is 1110. The fraction of sp³-hybridized carbons (Fsp3) is 0.333. The van der Waals surface area contributed by atoms with Crippen molar-refractivity contribution in [2.75, 3.05) is 26.7 Å². The quantitative estimate of drug-likeness (QED) is 0.272. The minimum atomic E-state index is -0.453. The average molecular weight is 437 g/mol. The van der Waals surface area contributed by atoms with Crippen LogP contribution in [-0.2, 0) is 4.74 Å². The highest BCUT2D eigenvalue weighted by Crippen LogP contribution is 2.32. The largest absolute Gasteiger partial charge is 0.497 e. The zero-order valence-corrected chi connectivity index (χ0v) is 18.7. The molecule has 1 atom stereocenters. The van der Waals surface area contributed by atoms with E-state index in [4.69, 9.17) is 9.47 Å². The van der Waals surface area contributed by atoms with Gasteiger partial charge in [-0.15, -0.1) is 0 Å². The van der Waals surface area contributed by atoms with Gasteiger partial charge in [0.15, 0.2) is 0 Å². The number of aromatic nitrogens is 1. The summed E-state index contributed by atoms with van der Waals surface area (Å²) in [4.78, 5) is 30.2. The van der Waals surface area contributed by atoms with Crippen LogP contribution in [-0.4, -0.2) is 53.6 Å². The number of likely N-dealkylation sites (N-methyl/N-ethyl adjacent to an activating group) is 1. The number of esters is 1. The van der Waals surface area contributed by atoms with Crippen molar-refractivity contribution in [1.82, 2.24) is 9.88 Å². The van der Waals surface area contributed by atoms with Gasteiger partial charge in [-0.2, -0.15) is 0 Å². The first-order valence-corrected chi connectivity index (χ1v) is 10.5. The maximum atomic E-state index is 13.0. The molecule has 0 radical (unpaired) electrons. The Labute approximate surface area is 186 Å². The van der Waals surface area contributed by atoms with E-state index in [1.54, 1.807) is 31.4 Å². The Morgan fingerprint density at radius 1 is 1.12 bits per heavy atom. The second kappa shape index (κ2) is 10.2. The predicted octanol–water partition coefficient (Wildman–Crippen LogP) is 4.71. The molecule has 0 amide bonds. The number of pyridine rings is 1. The van der Waals surface area contributed by atoms with Crippen molar-refractivity contribution in [3.63, 3.8) is 0 Å². The van der Waals surface area contributed by atoms with E-state index >= 15 is 0 Å². The van der Waals surface area contributed by atoms with Gasteiger partial charge in [-0.25, -0.2) is 4.79 Å². The second-order valence-electron chi connectivity index (χ2n) is 7.44. The van der Waals surface area contributed by atoms with Crippen molar-refractivity contribution >= 4 is 22.4 Å². The van der Waals surface area contributed by atoms with Crippen LogP contribution in [0.4, 0.5) is 5.69 Å². The number of hydrogen-bond donors (Lipinski definition) is 0. The second-order valence-corrected chi connectivity index (χ2v) is 7.44. The minimum absolute atomic E-state index is 0.00196. The Balaban J connectivity index is 2.00. The normalized spacial score (nSPS) is 12.0. The molecule has 32 heavy (non-hydrogen) atoms. The molecule has 2 aromatic carbocycles. The van der Waals surface area contributed by atoms with Crippen molar-refractivity contribution in [1.29, 1.82) is 0 Å². The molecule has 0 aliphatic heterocycles. The topological polar surface area (TPSA) is 94.8 Å². The summed E-state index contributed by atoms with van der Waals surface area (Å²) in [6, 6.07) is 11.6. The van der Waals surface area contributed by atoms with Gasteiger partial charge in [0, 0.05) is 41.2 Å². The summed E-state index contributed by atoms with van der Waals surface area (Å²) in [5.41, 5.74) is 1.67. The number of ether oxygens (including phenoxy) is 2. The number of benzene rings is 2. The highest BCUT2D eigenvalue weighted by molar-refractivity contribution is 6.08. The number of rotatable bonds is 9. The van der Waals surface area contributed by atoms with Crippen LogP contribution in [0.1, 0.15) is 31.1 Å². The monoisotopic (exact) mass is 437 g/mol. The van der Waals surface area contributed by atoms with Gasteiger partial charge >= 0.3 is 5.97 Å². The molecule has 0 saturated heterocycles. The maximum Gasteiger partial charge on any atom is 0.340 e. The molecule has 8 heteroatoms. The maximum absolute atomic E-state index is 13.0. The van der Waals surface area contributed by atoms with Gasteiger partial charge in [0.2, 0.25) is 0 Å². The van der Waals surface area contributed by atoms with E-state index in [0.29, 0.717) is 34.5 Å². The summed E-state index contributed by atoms with van der Waals surface area (Å²) in [6.45, 7) is 8.41. The average Bonchev–Trinajstić information content (AvgIpc) is 2.81. The number of carbonyl (C=O) groups is 1. The van der Waals surface area contributed by atoms with Crippen LogP contribution >= 0.6 is 0 Å². The third-order valence-electron chi connectivity index (χ3n) is 5.38. The van der Waals surface area contributed by atoms with Crippen molar-refractivity contribution < 1.29 is 19.2 Å². The number of nitrogens with zero attached hydrogens (tertiary/aromatic N) is 3. The molecule has 0 aliphatic carbocycles. The molecule has 0 fully saturated rings. The number of carbonyl (C=O) groups excluding carboxylic acids is 1. The lowest BCUT2D eigenvalue weighted by atomic mass is 10.00. The van der Waals surface area contributed by atoms with Gasteiger partial charge in [-0.3, -0.25) is 15.1 Å². The first kappa shape index (κ1) is 23.1. The van der Waals surface area contributed by atoms with Gasteiger partial charge < -0.3 is 14.4 Å². The number of fused-ring (bicyclic) bond motifs is 1. The van der Waals surface area contributed by atoms with Crippen LogP contribution in [0.5, 0.6) is 5.75 Å². The smallest absolute Gasteiger partial charge is 0.340 e. The van der Waals surface area contributed by atoms with E-state index in [0.717, 1.165) is 18.5 Å². The van der Waals surface area contributed by atoms with E-state index in [1.807, 2.05) is 13.0 Å². The van der Waals surface area contributed by atoms with E-state index in [1.165, 1.54) is 18.3 Å². The molecule has 0 saturated carbocycles. The third-order valence-corrected chi connectivity index (χ3v) is 5.38. The molecular weight excluding hydrogens is 410 g/mol. The van der Waals surface area contributed by atoms with E-state index in [9.17, 15) is 14.9 Å². The summed E-state index contributed by atoms with van der Waals surface area (Å²) in [5.74, 6) is 0.147. The highest BCUT2D eigenvalue weighted by Gasteiger charge is 2.20. The van der Waals surface area contributed by atoms with Crippen LogP contribution in [0.15, 0.2) is 48.7 Å². The Kier molecular flexibility index (Phi) is 7.37. The molecule has 0 N–H and O–H groups in total. The van der Waals surface area contributed by atoms with E-state index in [2.05, 4.69) is 23.7 Å². The number of non-ortho nitro benzene ring substituents is 1. The molecule has 1 heterocycles. The first-order chi connectivity index (χ1) is 15.4. The molecule has 168 valence electrons. The molecule has 0 aliphatic rings. The molecular formula is C24H27N3O5. The SMILES string of the molecule is CCN(CC)CC(C)OC(=O)c1cnc(-c2ccc([N+](=O)[O-])cc2)c2ccc(OC)cc12. The van der Waals surface area contributed by atoms with Gasteiger partial charge in [-0.05, 0) is 50.3 Å². The Morgan fingerprint density at radius 3 is 2.41 bits per heavy atom. The molecule has 3 aromatic rings. The molecule has 1 unspecified atom stereocenters. The summed E-state index contributed by atoms with van der Waals surface area (Å²) < 4.78 is 11.1. The van der Waals surface area contributed by atoms with Crippen LogP contribution in [0, 0.1) is 10.1 Å². The lowest BCUT2D eigenvalue weighted by Crippen LogP contribution is -2.33. The van der Waals surface area contributed by atoms with Crippen LogP contribution in [0.3, 0.4) is 0 Å². The number of methoxy groups -OCH3 is 1. The number of nitro benzene ring substituents is 1. The lowest BCUT2D eigenvalue weighted by molar-refractivity contribution is -0.384. The van der Waals surface area contributed by atoms with Gasteiger partial charge in [0.05, 0.1) is 23.3 Å². The van der Waals surface area contributed by atoms with Gasteiger partial charge in [-0.1, -0.05) is 13.8 Å². The zero-order valence-electron chi connectivity index (χ0n) is 18.7. The third kappa shape index (κ3) is 5.03. The molecule has 3 rings (SSSR count). The summed E-state index contributed by atoms with van der Waals surface area (Å²) in [7, 11) is 1.56. The molecule has 1 aromatic heterocycles. The number of hydrogen-bond acceptors (Lipinski definition) is 7. The van der Waals surface area contributed by atoms with Crippen molar-refractivity contribution in [2.45, 2.75) is 26.9 Å². The van der Waals surface area contributed by atoms with Gasteiger partial charge in [0.25, 0.3) is 5.69 Å². The molecule has 0 spiro atoms. The fourth-order valence-electron chi connectivity index (χ4n) is 3.61. The van der Waals surface area contributed by atoms with Crippen LogP contribution in [0.25, 0.3) is 22.0 Å². The van der Waals surface area contributed by atoms with E-state index in [-0.39, 0.29) is 11.8 Å².